The monoisotopic (exact) mass is 185 g/mol. The van der Waals surface area contributed by atoms with Crippen LogP contribution in [0.2, 0.25) is 0 Å². The highest BCUT2D eigenvalue weighted by Crippen LogP contribution is 2.14. The summed E-state index contributed by atoms with van der Waals surface area (Å²) < 4.78 is 25.9. The van der Waals surface area contributed by atoms with E-state index in [2.05, 4.69) is 5.32 Å². The van der Waals surface area contributed by atoms with E-state index in [9.17, 15) is 8.78 Å². The topological polar surface area (TPSA) is 12.0 Å². The summed E-state index contributed by atoms with van der Waals surface area (Å²) in [6, 6.07) is 2.50. The lowest BCUT2D eigenvalue weighted by atomic mass is 10.1. The van der Waals surface area contributed by atoms with Crippen LogP contribution in [-0.2, 0) is 6.42 Å². The Balaban J connectivity index is 2.88. The normalized spacial score (nSPS) is 10.5. The molecule has 72 valence electrons. The lowest BCUT2D eigenvalue weighted by molar-refractivity contribution is 0.564. The van der Waals surface area contributed by atoms with Gasteiger partial charge in [-0.1, -0.05) is 6.07 Å². The van der Waals surface area contributed by atoms with Gasteiger partial charge in [-0.25, -0.2) is 8.78 Å². The molecule has 1 N–H and O–H groups in total. The molecule has 0 aliphatic heterocycles. The number of halogens is 2. The van der Waals surface area contributed by atoms with Gasteiger partial charge in [-0.2, -0.15) is 0 Å². The van der Waals surface area contributed by atoms with Gasteiger partial charge in [0.2, 0.25) is 0 Å². The Morgan fingerprint density at radius 1 is 1.23 bits per heavy atom. The fourth-order valence-electron chi connectivity index (χ4n) is 1.17. The zero-order valence-corrected chi connectivity index (χ0v) is 7.82. The number of hydrogen-bond donors (Lipinski definition) is 1. The van der Waals surface area contributed by atoms with Crippen molar-refractivity contribution in [1.82, 2.24) is 5.32 Å². The lowest BCUT2D eigenvalue weighted by Gasteiger charge is -2.04. The summed E-state index contributed by atoms with van der Waals surface area (Å²) >= 11 is 0. The van der Waals surface area contributed by atoms with E-state index in [-0.39, 0.29) is 0 Å². The van der Waals surface area contributed by atoms with Crippen LogP contribution < -0.4 is 5.32 Å². The van der Waals surface area contributed by atoms with Gasteiger partial charge in [-0.15, -0.1) is 0 Å². The Morgan fingerprint density at radius 3 is 2.54 bits per heavy atom. The summed E-state index contributed by atoms with van der Waals surface area (Å²) in [5.74, 6) is -0.941. The number of nitrogens with one attached hydrogen (secondary N) is 1. The minimum absolute atomic E-state index is 0.460. The van der Waals surface area contributed by atoms with E-state index in [1.165, 1.54) is 0 Å². The standard InChI is InChI=1S/C10H13F2N/c1-7-5-8(3-4-13-2)10(12)6-9(7)11/h5-6,13H,3-4H2,1-2H3. The van der Waals surface area contributed by atoms with Gasteiger partial charge in [-0.05, 0) is 38.1 Å². The average molecular weight is 185 g/mol. The molecule has 1 rings (SSSR count). The van der Waals surface area contributed by atoms with Gasteiger partial charge < -0.3 is 5.32 Å². The second kappa shape index (κ2) is 4.33. The van der Waals surface area contributed by atoms with E-state index in [1.54, 1.807) is 20.0 Å². The molecule has 0 aromatic heterocycles. The van der Waals surface area contributed by atoms with E-state index in [0.717, 1.165) is 6.07 Å². The van der Waals surface area contributed by atoms with Crippen molar-refractivity contribution >= 4 is 0 Å². The SMILES string of the molecule is CNCCc1cc(C)c(F)cc1F. The van der Waals surface area contributed by atoms with Crippen LogP contribution in [0.3, 0.4) is 0 Å². The molecule has 0 aliphatic rings. The van der Waals surface area contributed by atoms with Crippen LogP contribution in [0.1, 0.15) is 11.1 Å². The van der Waals surface area contributed by atoms with Crippen molar-refractivity contribution in [3.63, 3.8) is 0 Å². The van der Waals surface area contributed by atoms with Crippen LogP contribution in [0.4, 0.5) is 8.78 Å². The van der Waals surface area contributed by atoms with Crippen molar-refractivity contribution in [2.45, 2.75) is 13.3 Å². The largest absolute Gasteiger partial charge is 0.319 e. The Bertz CT molecular complexity index is 297. The van der Waals surface area contributed by atoms with Crippen molar-refractivity contribution < 1.29 is 8.78 Å². The Kier molecular flexibility index (Phi) is 3.37. The van der Waals surface area contributed by atoms with Crippen molar-refractivity contribution in [3.05, 3.63) is 34.9 Å². The quantitative estimate of drug-likeness (QED) is 0.759. The second-order valence-corrected chi connectivity index (χ2v) is 3.05. The maximum absolute atomic E-state index is 13.1. The van der Waals surface area contributed by atoms with E-state index in [0.29, 0.717) is 24.1 Å². The predicted octanol–water partition coefficient (Wildman–Crippen LogP) is 2.04. The minimum Gasteiger partial charge on any atom is -0.319 e. The number of aryl methyl sites for hydroxylation is 1. The van der Waals surface area contributed by atoms with Gasteiger partial charge >= 0.3 is 0 Å². The molecular weight excluding hydrogens is 172 g/mol. The maximum atomic E-state index is 13.1. The summed E-state index contributed by atoms with van der Waals surface area (Å²) in [5.41, 5.74) is 1.06. The summed E-state index contributed by atoms with van der Waals surface area (Å²) in [5, 5.41) is 2.92. The third kappa shape index (κ3) is 2.49. The Labute approximate surface area is 76.8 Å². The molecule has 0 saturated heterocycles. The minimum atomic E-state index is -0.481. The van der Waals surface area contributed by atoms with Crippen molar-refractivity contribution in [1.29, 1.82) is 0 Å². The first-order valence-corrected chi connectivity index (χ1v) is 4.24. The maximum Gasteiger partial charge on any atom is 0.129 e. The fraction of sp³-hybridized carbons (Fsp3) is 0.400. The molecule has 13 heavy (non-hydrogen) atoms. The molecule has 0 fully saturated rings. The van der Waals surface area contributed by atoms with E-state index in [1.807, 2.05) is 0 Å². The first kappa shape index (κ1) is 10.1. The smallest absolute Gasteiger partial charge is 0.129 e. The molecule has 1 nitrogen and oxygen atoms in total. The fourth-order valence-corrected chi connectivity index (χ4v) is 1.17. The Hall–Kier alpha value is -0.960. The number of hydrogen-bond acceptors (Lipinski definition) is 1. The molecule has 0 saturated carbocycles. The first-order chi connectivity index (χ1) is 6.15. The third-order valence-electron chi connectivity index (χ3n) is 1.97. The molecule has 0 unspecified atom stereocenters. The number of benzene rings is 1. The molecule has 3 heteroatoms. The van der Waals surface area contributed by atoms with Crippen LogP contribution in [-0.4, -0.2) is 13.6 Å². The van der Waals surface area contributed by atoms with Crippen molar-refractivity contribution in [2.75, 3.05) is 13.6 Å². The van der Waals surface area contributed by atoms with Gasteiger partial charge in [0.1, 0.15) is 11.6 Å². The molecule has 1 aromatic rings. The molecule has 0 atom stereocenters. The van der Waals surface area contributed by atoms with Crippen molar-refractivity contribution in [3.8, 4) is 0 Å². The number of likely N-dealkylation sites (N-methyl/N-ethyl adjacent to an activating group) is 1. The van der Waals surface area contributed by atoms with Crippen LogP contribution >= 0.6 is 0 Å². The average Bonchev–Trinajstić information content (AvgIpc) is 2.09. The summed E-state index contributed by atoms with van der Waals surface area (Å²) in [7, 11) is 1.80. The summed E-state index contributed by atoms with van der Waals surface area (Å²) in [4.78, 5) is 0. The molecule has 1 aromatic carbocycles. The van der Waals surface area contributed by atoms with Gasteiger partial charge in [-0.3, -0.25) is 0 Å². The van der Waals surface area contributed by atoms with Crippen LogP contribution in [0.15, 0.2) is 12.1 Å². The highest BCUT2D eigenvalue weighted by atomic mass is 19.1. The highest BCUT2D eigenvalue weighted by molar-refractivity contribution is 5.25. The van der Waals surface area contributed by atoms with Crippen molar-refractivity contribution in [2.24, 2.45) is 0 Å². The molecule has 0 amide bonds. The van der Waals surface area contributed by atoms with Crippen LogP contribution in [0, 0.1) is 18.6 Å². The molecule has 0 aliphatic carbocycles. The van der Waals surface area contributed by atoms with Gasteiger partial charge in [0, 0.05) is 6.07 Å². The first-order valence-electron chi connectivity index (χ1n) is 4.24. The predicted molar refractivity (Wildman–Crippen MR) is 48.7 cm³/mol. The Morgan fingerprint density at radius 2 is 1.92 bits per heavy atom. The third-order valence-corrected chi connectivity index (χ3v) is 1.97. The lowest BCUT2D eigenvalue weighted by Crippen LogP contribution is -2.11. The molecular formula is C10H13F2N. The van der Waals surface area contributed by atoms with E-state index >= 15 is 0 Å². The van der Waals surface area contributed by atoms with Gasteiger partial charge in [0.05, 0.1) is 0 Å². The molecule has 0 heterocycles. The number of rotatable bonds is 3. The second-order valence-electron chi connectivity index (χ2n) is 3.05. The van der Waals surface area contributed by atoms with Crippen LogP contribution in [0.25, 0.3) is 0 Å². The van der Waals surface area contributed by atoms with Crippen LogP contribution in [0.5, 0.6) is 0 Å². The highest BCUT2D eigenvalue weighted by Gasteiger charge is 2.05. The molecule has 0 bridgehead atoms. The summed E-state index contributed by atoms with van der Waals surface area (Å²) in [6.07, 6.45) is 0.587. The van der Waals surface area contributed by atoms with E-state index in [4.69, 9.17) is 0 Å². The van der Waals surface area contributed by atoms with E-state index < -0.39 is 11.6 Å². The molecule has 0 radical (unpaired) electrons. The zero-order valence-electron chi connectivity index (χ0n) is 7.82. The van der Waals surface area contributed by atoms with Gasteiger partial charge in [0.25, 0.3) is 0 Å². The summed E-state index contributed by atoms with van der Waals surface area (Å²) in [6.45, 7) is 2.33. The zero-order chi connectivity index (χ0) is 9.84. The molecule has 0 spiro atoms. The van der Waals surface area contributed by atoms with Gasteiger partial charge in [0.15, 0.2) is 0 Å².